The van der Waals surface area contributed by atoms with Crippen molar-refractivity contribution in [3.63, 3.8) is 0 Å². The largest absolute Gasteiger partial charge is 0.469 e. The minimum Gasteiger partial charge on any atom is -0.469 e. The quantitative estimate of drug-likeness (QED) is 0.134. The Morgan fingerprint density at radius 3 is 2.44 bits per heavy atom. The zero-order valence-electron chi connectivity index (χ0n) is 16.4. The van der Waals surface area contributed by atoms with Crippen molar-refractivity contribution in [2.24, 2.45) is 10.9 Å². The molecule has 0 atom stereocenters. The molecule has 0 fully saturated rings. The highest BCUT2D eigenvalue weighted by Gasteiger charge is 2.00. The fraction of sp³-hybridized carbons (Fsp3) is 0.889. The van der Waals surface area contributed by atoms with Crippen molar-refractivity contribution >= 4 is 35.9 Å². The van der Waals surface area contributed by atoms with Crippen molar-refractivity contribution in [1.29, 1.82) is 0 Å². The first kappa shape index (κ1) is 26.7. The monoisotopic (exact) mass is 471 g/mol. The fourth-order valence-corrected chi connectivity index (χ4v) is 2.03. The maximum absolute atomic E-state index is 11.0. The van der Waals surface area contributed by atoms with E-state index in [1.54, 1.807) is 0 Å². The first-order valence-corrected chi connectivity index (χ1v) is 9.26. The van der Waals surface area contributed by atoms with Crippen LogP contribution in [0, 0.1) is 5.92 Å². The maximum Gasteiger partial charge on any atom is 0.305 e. The van der Waals surface area contributed by atoms with Gasteiger partial charge in [-0.2, -0.15) is 0 Å². The van der Waals surface area contributed by atoms with E-state index in [1.165, 1.54) is 7.11 Å². The summed E-state index contributed by atoms with van der Waals surface area (Å²) in [5.74, 6) is 1.41. The van der Waals surface area contributed by atoms with Crippen LogP contribution in [0.5, 0.6) is 0 Å². The molecule has 0 unspecified atom stereocenters. The first-order valence-electron chi connectivity index (χ1n) is 9.26. The molecule has 0 aliphatic rings. The summed E-state index contributed by atoms with van der Waals surface area (Å²) in [7, 11) is 1.43. The topological polar surface area (TPSA) is 72.0 Å². The summed E-state index contributed by atoms with van der Waals surface area (Å²) in [5, 5.41) is 6.52. The van der Waals surface area contributed by atoms with Gasteiger partial charge in [-0.25, -0.2) is 0 Å². The predicted molar refractivity (Wildman–Crippen MR) is 115 cm³/mol. The number of nitrogens with one attached hydrogen (secondary N) is 2. The lowest BCUT2D eigenvalue weighted by atomic mass is 10.1. The van der Waals surface area contributed by atoms with Gasteiger partial charge in [0.2, 0.25) is 0 Å². The molecule has 6 nitrogen and oxygen atoms in total. The molecule has 0 saturated carbocycles. The number of halogens is 1. The zero-order valence-corrected chi connectivity index (χ0v) is 18.8. The van der Waals surface area contributed by atoms with Crippen molar-refractivity contribution in [3.05, 3.63) is 0 Å². The average molecular weight is 471 g/mol. The Bertz CT molecular complexity index is 340. The highest BCUT2D eigenvalue weighted by Crippen LogP contribution is 2.04. The Morgan fingerprint density at radius 1 is 1.08 bits per heavy atom. The lowest BCUT2D eigenvalue weighted by molar-refractivity contribution is -0.140. The highest BCUT2D eigenvalue weighted by molar-refractivity contribution is 14.0. The number of ether oxygens (including phenoxy) is 2. The van der Waals surface area contributed by atoms with E-state index in [2.05, 4.69) is 41.1 Å². The van der Waals surface area contributed by atoms with Crippen molar-refractivity contribution < 1.29 is 14.3 Å². The number of hydrogen-bond acceptors (Lipinski definition) is 4. The number of esters is 1. The van der Waals surface area contributed by atoms with E-state index in [9.17, 15) is 4.79 Å². The molecule has 0 saturated heterocycles. The number of guanidine groups is 1. The molecule has 0 radical (unpaired) electrons. The summed E-state index contributed by atoms with van der Waals surface area (Å²) in [6.45, 7) is 10.4. The molecule has 2 N–H and O–H groups in total. The van der Waals surface area contributed by atoms with Gasteiger partial charge in [0.1, 0.15) is 0 Å². The van der Waals surface area contributed by atoms with Crippen LogP contribution < -0.4 is 10.6 Å². The normalized spacial score (nSPS) is 11.2. The van der Waals surface area contributed by atoms with E-state index < -0.39 is 0 Å². The molecule has 0 heterocycles. The van der Waals surface area contributed by atoms with Gasteiger partial charge in [-0.1, -0.05) is 26.7 Å². The van der Waals surface area contributed by atoms with Gasteiger partial charge in [-0.3, -0.25) is 9.79 Å². The number of aliphatic imine (C=N–C) groups is 1. The fourth-order valence-electron chi connectivity index (χ4n) is 2.03. The molecule has 0 rings (SSSR count). The van der Waals surface area contributed by atoms with E-state index >= 15 is 0 Å². The van der Waals surface area contributed by atoms with Gasteiger partial charge >= 0.3 is 5.97 Å². The Morgan fingerprint density at radius 2 is 1.80 bits per heavy atom. The Labute approximate surface area is 170 Å². The van der Waals surface area contributed by atoms with Crippen LogP contribution in [0.1, 0.15) is 59.3 Å². The third-order valence-corrected chi connectivity index (χ3v) is 3.51. The number of carbonyl (C=O) groups excluding carboxylic acids is 1. The number of hydrogen-bond donors (Lipinski definition) is 2. The Kier molecular flexibility index (Phi) is 21.1. The second kappa shape index (κ2) is 19.8. The molecule has 25 heavy (non-hydrogen) atoms. The Hall–Kier alpha value is -0.570. The molecule has 7 heteroatoms. The van der Waals surface area contributed by atoms with E-state index in [0.29, 0.717) is 18.9 Å². The van der Waals surface area contributed by atoms with Crippen LogP contribution in [-0.4, -0.2) is 51.9 Å². The Balaban J connectivity index is 0. The van der Waals surface area contributed by atoms with Gasteiger partial charge in [0.25, 0.3) is 0 Å². The highest BCUT2D eigenvalue weighted by atomic mass is 127. The number of methoxy groups -OCH3 is 1. The second-order valence-electron chi connectivity index (χ2n) is 6.22. The molecule has 0 spiro atoms. The van der Waals surface area contributed by atoms with Gasteiger partial charge in [0.15, 0.2) is 5.96 Å². The van der Waals surface area contributed by atoms with Gasteiger partial charge in [-0.15, -0.1) is 24.0 Å². The minimum absolute atomic E-state index is 0. The van der Waals surface area contributed by atoms with Crippen LogP contribution in [-0.2, 0) is 14.3 Å². The first-order chi connectivity index (χ1) is 11.6. The molecule has 0 aromatic rings. The van der Waals surface area contributed by atoms with Crippen molar-refractivity contribution in [2.45, 2.75) is 59.3 Å². The van der Waals surface area contributed by atoms with Crippen molar-refractivity contribution in [3.8, 4) is 0 Å². The van der Waals surface area contributed by atoms with Crippen LogP contribution in [0.2, 0.25) is 0 Å². The molecular formula is C18H38IN3O3. The minimum atomic E-state index is -0.123. The number of nitrogens with zero attached hydrogens (tertiary/aromatic N) is 1. The van der Waals surface area contributed by atoms with Gasteiger partial charge in [0.05, 0.1) is 13.7 Å². The predicted octanol–water partition coefficient (Wildman–Crippen LogP) is 3.35. The van der Waals surface area contributed by atoms with Crippen molar-refractivity contribution in [1.82, 2.24) is 10.6 Å². The van der Waals surface area contributed by atoms with Crippen LogP contribution >= 0.6 is 24.0 Å². The second-order valence-corrected chi connectivity index (χ2v) is 6.22. The van der Waals surface area contributed by atoms with E-state index in [0.717, 1.165) is 64.3 Å². The smallest absolute Gasteiger partial charge is 0.305 e. The third-order valence-electron chi connectivity index (χ3n) is 3.51. The number of unbranched alkanes of at least 4 members (excludes halogenated alkanes) is 3. The van der Waals surface area contributed by atoms with Crippen molar-refractivity contribution in [2.75, 3.05) is 40.0 Å². The molecule has 0 amide bonds. The summed E-state index contributed by atoms with van der Waals surface area (Å²) in [6, 6.07) is 0. The molecule has 0 aliphatic heterocycles. The van der Waals surface area contributed by atoms with Gasteiger partial charge in [-0.05, 0) is 32.1 Å². The standard InChI is InChI=1S/C18H37N3O3.HI/c1-5-19-18(21-13-15-24-14-11-16(2)3)20-12-9-7-6-8-10-17(22)23-4;/h16H,5-15H2,1-4H3,(H2,19,20,21);1H. The third kappa shape index (κ3) is 19.6. The maximum atomic E-state index is 11.0. The van der Waals surface area contributed by atoms with E-state index in [-0.39, 0.29) is 29.9 Å². The summed E-state index contributed by atoms with van der Waals surface area (Å²) in [4.78, 5) is 15.5. The van der Waals surface area contributed by atoms with E-state index in [4.69, 9.17) is 4.74 Å². The summed E-state index contributed by atoms with van der Waals surface area (Å²) < 4.78 is 10.2. The number of rotatable bonds is 14. The summed E-state index contributed by atoms with van der Waals surface area (Å²) in [5.41, 5.74) is 0. The lowest BCUT2D eigenvalue weighted by Gasteiger charge is -2.12. The molecule has 150 valence electrons. The molecular weight excluding hydrogens is 433 g/mol. The van der Waals surface area contributed by atoms with Crippen LogP contribution in [0.4, 0.5) is 0 Å². The molecule has 0 bridgehead atoms. The SMILES string of the molecule is CCNC(=NCCCCCCC(=O)OC)NCCOCCC(C)C.I. The molecule has 0 aliphatic carbocycles. The van der Waals surface area contributed by atoms with Crippen LogP contribution in [0.25, 0.3) is 0 Å². The average Bonchev–Trinajstić information content (AvgIpc) is 2.56. The lowest BCUT2D eigenvalue weighted by Crippen LogP contribution is -2.39. The van der Waals surface area contributed by atoms with Gasteiger partial charge < -0.3 is 20.1 Å². The van der Waals surface area contributed by atoms with Crippen LogP contribution in [0.15, 0.2) is 4.99 Å². The molecule has 0 aromatic carbocycles. The number of carbonyl (C=O) groups is 1. The summed E-state index contributed by atoms with van der Waals surface area (Å²) >= 11 is 0. The summed E-state index contributed by atoms with van der Waals surface area (Å²) in [6.07, 6.45) is 5.66. The van der Waals surface area contributed by atoms with E-state index in [1.807, 2.05) is 0 Å². The van der Waals surface area contributed by atoms with Gasteiger partial charge in [0, 0.05) is 32.7 Å². The zero-order chi connectivity index (χ0) is 18.0. The molecule has 0 aromatic heterocycles. The van der Waals surface area contributed by atoms with Crippen LogP contribution in [0.3, 0.4) is 0 Å².